The van der Waals surface area contributed by atoms with Crippen molar-refractivity contribution in [1.82, 2.24) is 5.32 Å². The first kappa shape index (κ1) is 32.3. The minimum atomic E-state index is -2.79. The number of hydrogen-bond acceptors (Lipinski definition) is 4. The summed E-state index contributed by atoms with van der Waals surface area (Å²) >= 11 is 0. The van der Waals surface area contributed by atoms with E-state index in [2.05, 4.69) is 86.5 Å². The van der Waals surface area contributed by atoms with E-state index in [-0.39, 0.29) is 23.5 Å². The zero-order valence-electron chi connectivity index (χ0n) is 24.9. The van der Waals surface area contributed by atoms with Crippen LogP contribution in [0.4, 0.5) is 4.79 Å². The van der Waals surface area contributed by atoms with Gasteiger partial charge in [0.1, 0.15) is 11.4 Å². The fourth-order valence-corrected chi connectivity index (χ4v) is 9.39. The van der Waals surface area contributed by atoms with Gasteiger partial charge >= 0.3 is 6.09 Å². The second kappa shape index (κ2) is 15.0. The van der Waals surface area contributed by atoms with Gasteiger partial charge in [-0.1, -0.05) is 81.4 Å². The molecule has 1 amide bonds. The molecule has 0 aliphatic carbocycles. The molecule has 0 radical (unpaired) electrons. The highest BCUT2D eigenvalue weighted by Crippen LogP contribution is 2.37. The van der Waals surface area contributed by atoms with Crippen LogP contribution in [-0.2, 0) is 14.0 Å². The van der Waals surface area contributed by atoms with E-state index in [0.29, 0.717) is 19.3 Å². The minimum absolute atomic E-state index is 0.191. The number of rotatable bonds is 13. The second-order valence-electron chi connectivity index (χ2n) is 12.0. The number of ketones is 1. The summed E-state index contributed by atoms with van der Waals surface area (Å²) in [5, 5.41) is 5.16. The molecule has 212 valence electrons. The van der Waals surface area contributed by atoms with E-state index in [0.717, 1.165) is 19.3 Å². The van der Waals surface area contributed by atoms with E-state index in [1.54, 1.807) is 0 Å². The molecule has 0 unspecified atom stereocenters. The van der Waals surface area contributed by atoms with Crippen molar-refractivity contribution in [3.05, 3.63) is 60.7 Å². The Labute approximate surface area is 237 Å². The number of benzene rings is 2. The number of alkyl carbamates (subject to hydrolysis) is 1. The molecule has 6 heteroatoms. The molecule has 0 saturated carbocycles. The third kappa shape index (κ3) is 10.3. The Morgan fingerprint density at radius 1 is 0.872 bits per heavy atom. The van der Waals surface area contributed by atoms with Gasteiger partial charge in [0, 0.05) is 19.3 Å². The Morgan fingerprint density at radius 2 is 1.44 bits per heavy atom. The lowest BCUT2D eigenvalue weighted by Crippen LogP contribution is -2.67. The predicted octanol–water partition coefficient (Wildman–Crippen LogP) is 6.39. The molecule has 0 aliphatic heterocycles. The van der Waals surface area contributed by atoms with E-state index in [4.69, 9.17) is 9.16 Å². The van der Waals surface area contributed by atoms with E-state index in [9.17, 15) is 9.59 Å². The summed E-state index contributed by atoms with van der Waals surface area (Å²) in [4.78, 5) is 25.5. The first-order valence-electron chi connectivity index (χ1n) is 14.0. The van der Waals surface area contributed by atoms with Gasteiger partial charge in [-0.15, -0.1) is 11.8 Å². The van der Waals surface area contributed by atoms with Crippen LogP contribution in [0.1, 0.15) is 87.0 Å². The smallest absolute Gasteiger partial charge is 0.407 e. The normalized spacial score (nSPS) is 12.7. The lowest BCUT2D eigenvalue weighted by atomic mass is 10.0. The van der Waals surface area contributed by atoms with Crippen LogP contribution in [0.5, 0.6) is 0 Å². The van der Waals surface area contributed by atoms with Crippen LogP contribution in [0.15, 0.2) is 60.7 Å². The highest BCUT2D eigenvalue weighted by Gasteiger charge is 2.50. The van der Waals surface area contributed by atoms with Gasteiger partial charge in [-0.25, -0.2) is 4.79 Å². The van der Waals surface area contributed by atoms with Gasteiger partial charge in [-0.2, -0.15) is 0 Å². The Balaban J connectivity index is 2.29. The van der Waals surface area contributed by atoms with Crippen LogP contribution in [0.3, 0.4) is 0 Å². The fourth-order valence-electron chi connectivity index (χ4n) is 4.78. The van der Waals surface area contributed by atoms with Gasteiger partial charge in [0.05, 0.1) is 12.6 Å². The summed E-state index contributed by atoms with van der Waals surface area (Å²) in [6.45, 7) is 14.3. The van der Waals surface area contributed by atoms with Crippen LogP contribution >= 0.6 is 0 Å². The molecule has 0 saturated heterocycles. The molecule has 0 fully saturated rings. The first-order chi connectivity index (χ1) is 18.4. The molecule has 1 atom stereocenters. The number of ether oxygens (including phenoxy) is 1. The van der Waals surface area contributed by atoms with Crippen LogP contribution in [-0.4, -0.2) is 38.4 Å². The van der Waals surface area contributed by atoms with Crippen molar-refractivity contribution >= 4 is 30.6 Å². The first-order valence-corrected chi connectivity index (χ1v) is 16.0. The average molecular weight is 550 g/mol. The highest BCUT2D eigenvalue weighted by molar-refractivity contribution is 6.99. The van der Waals surface area contributed by atoms with Crippen molar-refractivity contribution in [1.29, 1.82) is 0 Å². The molecule has 0 heterocycles. The molecule has 39 heavy (non-hydrogen) atoms. The molecule has 5 nitrogen and oxygen atoms in total. The van der Waals surface area contributed by atoms with Crippen molar-refractivity contribution < 1.29 is 18.8 Å². The Bertz CT molecular complexity index is 1050. The maximum absolute atomic E-state index is 12.8. The largest absolute Gasteiger partial charge is 0.444 e. The van der Waals surface area contributed by atoms with Crippen molar-refractivity contribution in [3.8, 4) is 11.8 Å². The number of amides is 1. The zero-order valence-corrected chi connectivity index (χ0v) is 25.9. The summed E-state index contributed by atoms with van der Waals surface area (Å²) in [6.07, 6.45) is 3.47. The van der Waals surface area contributed by atoms with Gasteiger partial charge in [0.2, 0.25) is 0 Å². The maximum Gasteiger partial charge on any atom is 0.407 e. The van der Waals surface area contributed by atoms with E-state index < -0.39 is 20.0 Å². The summed E-state index contributed by atoms with van der Waals surface area (Å²) in [5.41, 5.74) is -0.620. The number of hydrogen-bond donors (Lipinski definition) is 1. The molecule has 1 N–H and O–H groups in total. The topological polar surface area (TPSA) is 64.6 Å². The summed E-state index contributed by atoms with van der Waals surface area (Å²) < 4.78 is 12.6. The van der Waals surface area contributed by atoms with Crippen LogP contribution < -0.4 is 15.7 Å². The average Bonchev–Trinajstić information content (AvgIpc) is 2.86. The number of nitrogens with one attached hydrogen (secondary N) is 1. The molecular weight excluding hydrogens is 502 g/mol. The quantitative estimate of drug-likeness (QED) is 0.179. The number of unbranched alkanes of at least 4 members (excludes halogenated alkanes) is 2. The second-order valence-corrected chi connectivity index (χ2v) is 16.3. The Kier molecular flexibility index (Phi) is 12.5. The molecular formula is C33H47NO4Si. The minimum Gasteiger partial charge on any atom is -0.444 e. The molecule has 0 spiro atoms. The van der Waals surface area contributed by atoms with E-state index in [1.165, 1.54) is 10.4 Å². The third-order valence-electron chi connectivity index (χ3n) is 6.59. The van der Waals surface area contributed by atoms with Crippen LogP contribution in [0, 0.1) is 11.8 Å². The van der Waals surface area contributed by atoms with Gasteiger partial charge in [-0.05, 0) is 62.4 Å². The Hall–Kier alpha value is -2.88. The molecule has 0 aromatic heterocycles. The zero-order chi connectivity index (χ0) is 28.9. The van der Waals surface area contributed by atoms with Crippen molar-refractivity contribution in [2.24, 2.45) is 0 Å². The predicted molar refractivity (Wildman–Crippen MR) is 163 cm³/mol. The lowest BCUT2D eigenvalue weighted by Gasteiger charge is -2.43. The fraction of sp³-hybridized carbons (Fsp3) is 0.515. The monoisotopic (exact) mass is 549 g/mol. The van der Waals surface area contributed by atoms with Gasteiger partial charge in [0.25, 0.3) is 8.32 Å². The number of carbonyl (C=O) groups is 2. The van der Waals surface area contributed by atoms with E-state index in [1.807, 2.05) is 39.8 Å². The van der Waals surface area contributed by atoms with Crippen molar-refractivity contribution in [2.75, 3.05) is 6.61 Å². The summed E-state index contributed by atoms with van der Waals surface area (Å²) in [6, 6.07) is 20.5. The molecule has 0 bridgehead atoms. The standard InChI is InChI=1S/C33H47NO4Si/c1-8-9-10-11-14-19-28(35)25-24-27(34-31(36)38-32(2,3)4)26-37-39(33(5,6)7,29-20-15-12-16-21-29)30-22-17-13-18-23-30/h12-13,15-18,20-23,27H,10-11,14,19,24-26H2,1-7H3,(H,34,36)/t27-/m0/s1. The van der Waals surface area contributed by atoms with Crippen LogP contribution in [0.2, 0.25) is 5.04 Å². The Morgan fingerprint density at radius 3 is 1.92 bits per heavy atom. The molecule has 2 aromatic carbocycles. The van der Waals surface area contributed by atoms with Gasteiger partial charge < -0.3 is 14.5 Å². The third-order valence-corrected chi connectivity index (χ3v) is 11.6. The van der Waals surface area contributed by atoms with Crippen LogP contribution in [0.25, 0.3) is 0 Å². The molecule has 2 aromatic rings. The lowest BCUT2D eigenvalue weighted by molar-refractivity contribution is -0.119. The SMILES string of the molecule is CC#CCCCCC(=O)CC[C@@H](CO[Si](c1ccccc1)(c1ccccc1)C(C)(C)C)NC(=O)OC(C)(C)C. The molecule has 2 rings (SSSR count). The van der Waals surface area contributed by atoms with E-state index >= 15 is 0 Å². The summed E-state index contributed by atoms with van der Waals surface area (Å²) in [7, 11) is -2.79. The van der Waals surface area contributed by atoms with Gasteiger partial charge in [0.15, 0.2) is 0 Å². The highest BCUT2D eigenvalue weighted by atomic mass is 28.4. The molecule has 0 aliphatic rings. The van der Waals surface area contributed by atoms with Crippen molar-refractivity contribution in [2.45, 2.75) is 104 Å². The summed E-state index contributed by atoms with van der Waals surface area (Å²) in [5.74, 6) is 6.13. The maximum atomic E-state index is 12.8. The van der Waals surface area contributed by atoms with Crippen molar-refractivity contribution in [3.63, 3.8) is 0 Å². The van der Waals surface area contributed by atoms with Gasteiger partial charge in [-0.3, -0.25) is 4.79 Å². The number of carbonyl (C=O) groups excluding carboxylic acids is 2. The number of Topliss-reactive ketones (excluding diaryl/α,β-unsaturated/α-hetero) is 1.